The molecule has 3 N–H and O–H groups in total. The number of carbonyl (C=O) groups is 2. The zero-order valence-corrected chi connectivity index (χ0v) is 15.8. The van der Waals surface area contributed by atoms with Crippen molar-refractivity contribution in [2.75, 3.05) is 12.4 Å². The number of rotatable bonds is 5. The summed E-state index contributed by atoms with van der Waals surface area (Å²) >= 11 is 0. The van der Waals surface area contributed by atoms with E-state index < -0.39 is 0 Å². The molecular formula is C20H31N3O2. The van der Waals surface area contributed by atoms with Gasteiger partial charge in [-0.15, -0.1) is 0 Å². The second-order valence-electron chi connectivity index (χ2n) is 7.54. The molecule has 0 aromatic heterocycles. The van der Waals surface area contributed by atoms with Crippen LogP contribution < -0.4 is 16.0 Å². The summed E-state index contributed by atoms with van der Waals surface area (Å²) in [6.45, 7) is 6.71. The summed E-state index contributed by atoms with van der Waals surface area (Å²) in [5.41, 5.74) is 1.50. The molecule has 1 fully saturated rings. The second kappa shape index (κ2) is 8.88. The molecule has 0 unspecified atom stereocenters. The smallest absolute Gasteiger partial charge is 0.319 e. The molecule has 5 heteroatoms. The summed E-state index contributed by atoms with van der Waals surface area (Å²) in [6.07, 6.45) is 3.67. The third-order valence-corrected chi connectivity index (χ3v) is 5.23. The van der Waals surface area contributed by atoms with Gasteiger partial charge in [-0.2, -0.15) is 0 Å². The molecule has 1 aliphatic rings. The highest BCUT2D eigenvalue weighted by Crippen LogP contribution is 2.33. The van der Waals surface area contributed by atoms with E-state index in [4.69, 9.17) is 0 Å². The molecule has 0 spiro atoms. The number of likely N-dealkylation sites (N-methyl/N-ethyl adjacent to an activating group) is 1. The number of hydrogen-bond donors (Lipinski definition) is 3. The summed E-state index contributed by atoms with van der Waals surface area (Å²) in [6, 6.07) is 7.46. The van der Waals surface area contributed by atoms with Gasteiger partial charge in [0.05, 0.1) is 6.42 Å². The third-order valence-electron chi connectivity index (χ3n) is 5.23. The van der Waals surface area contributed by atoms with Crippen molar-refractivity contribution in [1.29, 1.82) is 0 Å². The Bertz CT molecular complexity index is 600. The van der Waals surface area contributed by atoms with Crippen molar-refractivity contribution in [3.8, 4) is 0 Å². The van der Waals surface area contributed by atoms with Crippen LogP contribution in [0.2, 0.25) is 0 Å². The topological polar surface area (TPSA) is 70.2 Å². The molecule has 0 saturated heterocycles. The number of amides is 3. The molecule has 0 heterocycles. The molecule has 0 aliphatic heterocycles. The van der Waals surface area contributed by atoms with Crippen molar-refractivity contribution in [2.45, 2.75) is 52.5 Å². The lowest BCUT2D eigenvalue weighted by molar-refractivity contribution is -0.119. The summed E-state index contributed by atoms with van der Waals surface area (Å²) in [5, 5.41) is 8.72. The van der Waals surface area contributed by atoms with Gasteiger partial charge in [0, 0.05) is 18.8 Å². The SMILES string of the molecule is CNC(=O)Cc1ccccc1NC(=O)N[C@@H]1C[C@@H](C)CC[C@H]1C(C)C. The monoisotopic (exact) mass is 345 g/mol. The van der Waals surface area contributed by atoms with Crippen LogP contribution in [0.1, 0.15) is 45.6 Å². The van der Waals surface area contributed by atoms with Gasteiger partial charge in [-0.1, -0.05) is 45.4 Å². The van der Waals surface area contributed by atoms with Gasteiger partial charge >= 0.3 is 6.03 Å². The predicted octanol–water partition coefficient (Wildman–Crippen LogP) is 3.56. The summed E-state index contributed by atoms with van der Waals surface area (Å²) in [4.78, 5) is 24.2. The van der Waals surface area contributed by atoms with Crippen LogP contribution in [0.3, 0.4) is 0 Å². The fraction of sp³-hybridized carbons (Fsp3) is 0.600. The van der Waals surface area contributed by atoms with Gasteiger partial charge in [0.2, 0.25) is 5.91 Å². The molecule has 5 nitrogen and oxygen atoms in total. The quantitative estimate of drug-likeness (QED) is 0.764. The fourth-order valence-corrected chi connectivity index (χ4v) is 3.75. The average molecular weight is 345 g/mol. The van der Waals surface area contributed by atoms with E-state index in [1.165, 1.54) is 6.42 Å². The van der Waals surface area contributed by atoms with Crippen molar-refractivity contribution in [1.82, 2.24) is 10.6 Å². The summed E-state index contributed by atoms with van der Waals surface area (Å²) in [7, 11) is 1.61. The lowest BCUT2D eigenvalue weighted by Crippen LogP contribution is -2.47. The van der Waals surface area contributed by atoms with Crippen LogP contribution >= 0.6 is 0 Å². The number of benzene rings is 1. The fourth-order valence-electron chi connectivity index (χ4n) is 3.75. The van der Waals surface area contributed by atoms with E-state index in [0.717, 1.165) is 18.4 Å². The minimum atomic E-state index is -0.186. The molecule has 0 bridgehead atoms. The van der Waals surface area contributed by atoms with Crippen molar-refractivity contribution >= 4 is 17.6 Å². The number of anilines is 1. The Hall–Kier alpha value is -2.04. The minimum Gasteiger partial charge on any atom is -0.359 e. The van der Waals surface area contributed by atoms with Gasteiger partial charge in [-0.05, 0) is 42.2 Å². The Labute approximate surface area is 151 Å². The van der Waals surface area contributed by atoms with Gasteiger partial charge in [0.1, 0.15) is 0 Å². The molecule has 2 rings (SSSR count). The van der Waals surface area contributed by atoms with Crippen LogP contribution in [0, 0.1) is 17.8 Å². The molecule has 1 saturated carbocycles. The first kappa shape index (κ1) is 19.3. The maximum absolute atomic E-state index is 12.5. The lowest BCUT2D eigenvalue weighted by atomic mass is 9.74. The van der Waals surface area contributed by atoms with Crippen LogP contribution in [0.25, 0.3) is 0 Å². The normalized spacial score (nSPS) is 23.2. The highest BCUT2D eigenvalue weighted by atomic mass is 16.2. The first-order chi connectivity index (χ1) is 11.9. The van der Waals surface area contributed by atoms with Crippen molar-refractivity contribution < 1.29 is 9.59 Å². The van der Waals surface area contributed by atoms with Gasteiger partial charge in [0.15, 0.2) is 0 Å². The summed E-state index contributed by atoms with van der Waals surface area (Å²) < 4.78 is 0. The molecule has 3 atom stereocenters. The Morgan fingerprint density at radius 1 is 1.20 bits per heavy atom. The van der Waals surface area contributed by atoms with E-state index in [-0.39, 0.29) is 24.4 Å². The Balaban J connectivity index is 2.03. The maximum Gasteiger partial charge on any atom is 0.319 e. The molecule has 1 aliphatic carbocycles. The average Bonchev–Trinajstić information content (AvgIpc) is 2.56. The zero-order valence-electron chi connectivity index (χ0n) is 15.8. The molecule has 0 radical (unpaired) electrons. The molecule has 25 heavy (non-hydrogen) atoms. The lowest BCUT2D eigenvalue weighted by Gasteiger charge is -2.37. The number of para-hydroxylation sites is 1. The van der Waals surface area contributed by atoms with Gasteiger partial charge in [-0.25, -0.2) is 4.79 Å². The minimum absolute atomic E-state index is 0.0735. The largest absolute Gasteiger partial charge is 0.359 e. The van der Waals surface area contributed by atoms with Gasteiger partial charge in [-0.3, -0.25) is 4.79 Å². The van der Waals surface area contributed by atoms with E-state index in [2.05, 4.69) is 36.7 Å². The van der Waals surface area contributed by atoms with Crippen molar-refractivity contribution in [2.24, 2.45) is 17.8 Å². The zero-order chi connectivity index (χ0) is 18.4. The molecule has 1 aromatic rings. The standard InChI is InChI=1S/C20H31N3O2/c1-13(2)16-10-9-14(3)11-18(16)23-20(25)22-17-8-6-5-7-15(17)12-19(24)21-4/h5-8,13-14,16,18H,9-12H2,1-4H3,(H,21,24)(H2,22,23,25)/t14-,16-,18+/m0/s1. The predicted molar refractivity (Wildman–Crippen MR) is 101 cm³/mol. The molecular weight excluding hydrogens is 314 g/mol. The van der Waals surface area contributed by atoms with Crippen LogP contribution in [0.4, 0.5) is 10.5 Å². The first-order valence-electron chi connectivity index (χ1n) is 9.26. The van der Waals surface area contributed by atoms with E-state index in [0.29, 0.717) is 23.4 Å². The molecule has 138 valence electrons. The Kier molecular flexibility index (Phi) is 6.85. The van der Waals surface area contributed by atoms with E-state index in [9.17, 15) is 9.59 Å². The van der Waals surface area contributed by atoms with Crippen LogP contribution in [0.15, 0.2) is 24.3 Å². The van der Waals surface area contributed by atoms with E-state index >= 15 is 0 Å². The van der Waals surface area contributed by atoms with E-state index in [1.54, 1.807) is 7.05 Å². The van der Waals surface area contributed by atoms with E-state index in [1.807, 2.05) is 24.3 Å². The number of urea groups is 1. The van der Waals surface area contributed by atoms with Crippen molar-refractivity contribution in [3.63, 3.8) is 0 Å². The Morgan fingerprint density at radius 3 is 2.60 bits per heavy atom. The molecule has 3 amide bonds. The highest BCUT2D eigenvalue weighted by Gasteiger charge is 2.31. The van der Waals surface area contributed by atoms with Crippen LogP contribution in [-0.2, 0) is 11.2 Å². The van der Waals surface area contributed by atoms with Gasteiger partial charge < -0.3 is 16.0 Å². The Morgan fingerprint density at radius 2 is 1.92 bits per heavy atom. The van der Waals surface area contributed by atoms with Crippen LogP contribution in [0.5, 0.6) is 0 Å². The van der Waals surface area contributed by atoms with Crippen molar-refractivity contribution in [3.05, 3.63) is 29.8 Å². The van der Waals surface area contributed by atoms with Crippen LogP contribution in [-0.4, -0.2) is 25.0 Å². The second-order valence-corrected chi connectivity index (χ2v) is 7.54. The van der Waals surface area contributed by atoms with Gasteiger partial charge in [0.25, 0.3) is 0 Å². The number of hydrogen-bond acceptors (Lipinski definition) is 2. The maximum atomic E-state index is 12.5. The molecule has 1 aromatic carbocycles. The number of carbonyl (C=O) groups excluding carboxylic acids is 2. The highest BCUT2D eigenvalue weighted by molar-refractivity contribution is 5.91. The third kappa shape index (κ3) is 5.48. The number of nitrogens with one attached hydrogen (secondary N) is 3. The summed E-state index contributed by atoms with van der Waals surface area (Å²) in [5.74, 6) is 1.64. The first-order valence-corrected chi connectivity index (χ1v) is 9.26.